The Morgan fingerprint density at radius 3 is 2.59 bits per heavy atom. The highest BCUT2D eigenvalue weighted by atomic mass is 16.6. The second kappa shape index (κ2) is 6.78. The Labute approximate surface area is 102 Å². The molecule has 0 amide bonds. The highest BCUT2D eigenvalue weighted by Crippen LogP contribution is 2.20. The highest BCUT2D eigenvalue weighted by Gasteiger charge is 2.05. The number of benzene rings is 1. The average Bonchev–Trinajstić information content (AvgIpc) is 2.38. The van der Waals surface area contributed by atoms with E-state index < -0.39 is 0 Å². The van der Waals surface area contributed by atoms with E-state index in [2.05, 4.69) is 23.5 Å². The van der Waals surface area contributed by atoms with Crippen LogP contribution in [-0.4, -0.2) is 32.8 Å². The minimum Gasteiger partial charge on any atom is -0.482 e. The predicted molar refractivity (Wildman–Crippen MR) is 67.5 cm³/mol. The van der Waals surface area contributed by atoms with Gasteiger partial charge in [-0.2, -0.15) is 0 Å². The summed E-state index contributed by atoms with van der Waals surface area (Å²) < 4.78 is 9.85. The van der Waals surface area contributed by atoms with Crippen molar-refractivity contribution >= 4 is 11.7 Å². The molecule has 17 heavy (non-hydrogen) atoms. The quantitative estimate of drug-likeness (QED) is 0.710. The molecule has 0 aromatic heterocycles. The van der Waals surface area contributed by atoms with Crippen molar-refractivity contribution in [1.29, 1.82) is 0 Å². The number of carbonyl (C=O) groups is 1. The van der Waals surface area contributed by atoms with Gasteiger partial charge in [0, 0.05) is 24.8 Å². The SMILES string of the molecule is CCN(CC)c1cccc(OCC(=O)OC)c1. The van der Waals surface area contributed by atoms with Gasteiger partial charge in [-0.15, -0.1) is 0 Å². The molecular weight excluding hydrogens is 218 g/mol. The second-order valence-electron chi connectivity index (χ2n) is 3.53. The molecule has 0 aliphatic heterocycles. The van der Waals surface area contributed by atoms with E-state index in [0.29, 0.717) is 5.75 Å². The van der Waals surface area contributed by atoms with Crippen LogP contribution in [0.15, 0.2) is 24.3 Å². The Bertz CT molecular complexity index is 361. The minimum absolute atomic E-state index is 0.0573. The first-order valence-electron chi connectivity index (χ1n) is 5.75. The molecule has 94 valence electrons. The number of rotatable bonds is 6. The van der Waals surface area contributed by atoms with Crippen molar-refractivity contribution in [2.75, 3.05) is 31.7 Å². The van der Waals surface area contributed by atoms with Gasteiger partial charge in [0.15, 0.2) is 6.61 Å². The standard InChI is InChI=1S/C13H19NO3/c1-4-14(5-2)11-7-6-8-12(9-11)17-10-13(15)16-3/h6-9H,4-5,10H2,1-3H3. The monoisotopic (exact) mass is 237 g/mol. The molecule has 0 aliphatic carbocycles. The predicted octanol–water partition coefficient (Wildman–Crippen LogP) is 2.08. The van der Waals surface area contributed by atoms with Crippen molar-refractivity contribution in [3.8, 4) is 5.75 Å². The first-order valence-corrected chi connectivity index (χ1v) is 5.75. The summed E-state index contributed by atoms with van der Waals surface area (Å²) in [4.78, 5) is 13.2. The molecule has 0 unspecified atom stereocenters. The molecule has 0 saturated heterocycles. The Morgan fingerprint density at radius 1 is 1.29 bits per heavy atom. The minimum atomic E-state index is -0.377. The number of hydrogen-bond donors (Lipinski definition) is 0. The van der Waals surface area contributed by atoms with E-state index in [-0.39, 0.29) is 12.6 Å². The van der Waals surface area contributed by atoms with Gasteiger partial charge in [0.05, 0.1) is 7.11 Å². The Hall–Kier alpha value is -1.71. The summed E-state index contributed by atoms with van der Waals surface area (Å²) in [5.74, 6) is 0.304. The van der Waals surface area contributed by atoms with Crippen LogP contribution in [0.4, 0.5) is 5.69 Å². The molecule has 0 aliphatic rings. The fourth-order valence-electron chi connectivity index (χ4n) is 1.56. The lowest BCUT2D eigenvalue weighted by Crippen LogP contribution is -2.21. The summed E-state index contributed by atoms with van der Waals surface area (Å²) >= 11 is 0. The average molecular weight is 237 g/mol. The first-order chi connectivity index (χ1) is 8.21. The van der Waals surface area contributed by atoms with Crippen molar-refractivity contribution in [3.63, 3.8) is 0 Å². The van der Waals surface area contributed by atoms with Crippen LogP contribution < -0.4 is 9.64 Å². The maximum Gasteiger partial charge on any atom is 0.343 e. The second-order valence-corrected chi connectivity index (χ2v) is 3.53. The van der Waals surface area contributed by atoms with E-state index in [0.717, 1.165) is 18.8 Å². The highest BCUT2D eigenvalue weighted by molar-refractivity contribution is 5.71. The molecule has 1 aromatic carbocycles. The molecule has 0 bridgehead atoms. The van der Waals surface area contributed by atoms with Crippen molar-refractivity contribution in [1.82, 2.24) is 0 Å². The molecule has 0 N–H and O–H groups in total. The van der Waals surface area contributed by atoms with Gasteiger partial charge in [0.25, 0.3) is 0 Å². The van der Waals surface area contributed by atoms with Crippen molar-refractivity contribution in [2.24, 2.45) is 0 Å². The lowest BCUT2D eigenvalue weighted by Gasteiger charge is -2.21. The van der Waals surface area contributed by atoms with E-state index in [1.807, 2.05) is 24.3 Å². The van der Waals surface area contributed by atoms with E-state index in [9.17, 15) is 4.79 Å². The largest absolute Gasteiger partial charge is 0.482 e. The summed E-state index contributed by atoms with van der Waals surface area (Å²) in [5.41, 5.74) is 1.09. The molecule has 1 rings (SSSR count). The van der Waals surface area contributed by atoms with Gasteiger partial charge < -0.3 is 14.4 Å². The van der Waals surface area contributed by atoms with Gasteiger partial charge in [-0.3, -0.25) is 0 Å². The maximum absolute atomic E-state index is 11.0. The van der Waals surface area contributed by atoms with Crippen LogP contribution in [0.25, 0.3) is 0 Å². The lowest BCUT2D eigenvalue weighted by atomic mass is 10.2. The third-order valence-electron chi connectivity index (χ3n) is 2.53. The normalized spacial score (nSPS) is 9.82. The summed E-state index contributed by atoms with van der Waals surface area (Å²) in [6, 6.07) is 7.70. The molecule has 0 atom stereocenters. The summed E-state index contributed by atoms with van der Waals surface area (Å²) in [6.45, 7) is 6.03. The van der Waals surface area contributed by atoms with Crippen LogP contribution in [0.5, 0.6) is 5.75 Å². The molecular formula is C13H19NO3. The fraction of sp³-hybridized carbons (Fsp3) is 0.462. The van der Waals surface area contributed by atoms with Gasteiger partial charge >= 0.3 is 5.97 Å². The zero-order valence-corrected chi connectivity index (χ0v) is 10.6. The molecule has 0 saturated carbocycles. The molecule has 4 heteroatoms. The van der Waals surface area contributed by atoms with Gasteiger partial charge in [0.2, 0.25) is 0 Å². The van der Waals surface area contributed by atoms with Gasteiger partial charge in [-0.25, -0.2) is 4.79 Å². The van der Waals surface area contributed by atoms with Gasteiger partial charge in [0.1, 0.15) is 5.75 Å². The molecule has 0 fully saturated rings. The summed E-state index contributed by atoms with van der Waals surface area (Å²) in [6.07, 6.45) is 0. The number of methoxy groups -OCH3 is 1. The van der Waals surface area contributed by atoms with E-state index in [1.165, 1.54) is 7.11 Å². The molecule has 1 aromatic rings. The van der Waals surface area contributed by atoms with E-state index in [4.69, 9.17) is 4.74 Å². The smallest absolute Gasteiger partial charge is 0.343 e. The molecule has 0 radical (unpaired) electrons. The molecule has 0 heterocycles. The molecule has 4 nitrogen and oxygen atoms in total. The number of nitrogens with zero attached hydrogens (tertiary/aromatic N) is 1. The van der Waals surface area contributed by atoms with Gasteiger partial charge in [-0.1, -0.05) is 6.07 Å². The first kappa shape index (κ1) is 13.4. The van der Waals surface area contributed by atoms with Crippen LogP contribution >= 0.6 is 0 Å². The number of hydrogen-bond acceptors (Lipinski definition) is 4. The number of anilines is 1. The zero-order chi connectivity index (χ0) is 12.7. The zero-order valence-electron chi connectivity index (χ0n) is 10.6. The number of esters is 1. The van der Waals surface area contributed by atoms with E-state index >= 15 is 0 Å². The fourth-order valence-corrected chi connectivity index (χ4v) is 1.56. The third kappa shape index (κ3) is 3.98. The van der Waals surface area contributed by atoms with Crippen LogP contribution in [0.2, 0.25) is 0 Å². The van der Waals surface area contributed by atoms with Crippen molar-refractivity contribution < 1.29 is 14.3 Å². The Morgan fingerprint density at radius 2 is 2.00 bits per heavy atom. The summed E-state index contributed by atoms with van der Waals surface area (Å²) in [5, 5.41) is 0. The van der Waals surface area contributed by atoms with Crippen LogP contribution in [0.1, 0.15) is 13.8 Å². The molecule has 0 spiro atoms. The lowest BCUT2D eigenvalue weighted by molar-refractivity contribution is -0.142. The van der Waals surface area contributed by atoms with E-state index in [1.54, 1.807) is 0 Å². The topological polar surface area (TPSA) is 38.8 Å². The van der Waals surface area contributed by atoms with Crippen molar-refractivity contribution in [3.05, 3.63) is 24.3 Å². The van der Waals surface area contributed by atoms with Crippen LogP contribution in [-0.2, 0) is 9.53 Å². The van der Waals surface area contributed by atoms with Crippen LogP contribution in [0.3, 0.4) is 0 Å². The maximum atomic E-state index is 11.0. The summed E-state index contributed by atoms with van der Waals surface area (Å²) in [7, 11) is 1.35. The number of carbonyl (C=O) groups excluding carboxylic acids is 1. The Balaban J connectivity index is 2.68. The Kier molecular flexibility index (Phi) is 5.33. The number of ether oxygens (including phenoxy) is 2. The van der Waals surface area contributed by atoms with Gasteiger partial charge in [-0.05, 0) is 26.0 Å². The van der Waals surface area contributed by atoms with Crippen LogP contribution in [0, 0.1) is 0 Å². The van der Waals surface area contributed by atoms with Crippen molar-refractivity contribution in [2.45, 2.75) is 13.8 Å². The third-order valence-corrected chi connectivity index (χ3v) is 2.53.